The third kappa shape index (κ3) is 3.25. The van der Waals surface area contributed by atoms with Crippen molar-refractivity contribution in [3.05, 3.63) is 41.2 Å². The predicted octanol–water partition coefficient (Wildman–Crippen LogP) is 5.56. The molecule has 1 aromatic heterocycles. The van der Waals surface area contributed by atoms with Crippen LogP contribution in [0.5, 0.6) is 0 Å². The molecule has 2 aliphatic carbocycles. The van der Waals surface area contributed by atoms with Crippen molar-refractivity contribution in [3.63, 3.8) is 0 Å². The van der Waals surface area contributed by atoms with E-state index < -0.39 is 11.7 Å². The molecule has 1 aliphatic heterocycles. The molecule has 150 valence electrons. The van der Waals surface area contributed by atoms with Crippen LogP contribution in [-0.2, 0) is 12.6 Å². The van der Waals surface area contributed by atoms with Crippen molar-refractivity contribution in [2.24, 2.45) is 11.3 Å². The molecule has 0 amide bonds. The highest BCUT2D eigenvalue weighted by molar-refractivity contribution is 5.68. The number of aromatic nitrogens is 1. The first-order valence-corrected chi connectivity index (χ1v) is 10.3. The minimum atomic E-state index is -4.40. The van der Waals surface area contributed by atoms with E-state index in [1.54, 1.807) is 6.07 Å². The molecule has 3 aliphatic rings. The van der Waals surface area contributed by atoms with Crippen molar-refractivity contribution in [1.29, 1.82) is 0 Å². The van der Waals surface area contributed by atoms with Gasteiger partial charge in [0, 0.05) is 17.0 Å². The van der Waals surface area contributed by atoms with E-state index in [2.05, 4.69) is 10.5 Å². The van der Waals surface area contributed by atoms with E-state index in [9.17, 15) is 13.2 Å². The number of rotatable bonds is 4. The minimum Gasteiger partial charge on any atom is -0.360 e. The summed E-state index contributed by atoms with van der Waals surface area (Å²) in [6, 6.07) is 5.74. The summed E-state index contributed by atoms with van der Waals surface area (Å²) in [4.78, 5) is 0. The highest BCUT2D eigenvalue weighted by atomic mass is 19.4. The predicted molar refractivity (Wildman–Crippen MR) is 99.9 cm³/mol. The lowest BCUT2D eigenvalue weighted by molar-refractivity contribution is -0.137. The van der Waals surface area contributed by atoms with Crippen LogP contribution in [0.1, 0.15) is 61.3 Å². The highest BCUT2D eigenvalue weighted by Crippen LogP contribution is 2.54. The highest BCUT2D eigenvalue weighted by Gasteiger charge is 2.46. The van der Waals surface area contributed by atoms with Gasteiger partial charge in [0.2, 0.25) is 0 Å². The van der Waals surface area contributed by atoms with Gasteiger partial charge in [-0.05, 0) is 75.4 Å². The van der Waals surface area contributed by atoms with E-state index in [-0.39, 0.29) is 5.56 Å². The fraction of sp³-hybridized carbons (Fsp3) is 0.591. The van der Waals surface area contributed by atoms with Crippen LogP contribution in [-0.4, -0.2) is 18.2 Å². The van der Waals surface area contributed by atoms with Crippen LogP contribution in [0, 0.1) is 11.3 Å². The van der Waals surface area contributed by atoms with E-state index in [1.807, 2.05) is 0 Å². The first kappa shape index (κ1) is 18.2. The molecule has 2 saturated carbocycles. The average Bonchev–Trinajstić information content (AvgIpc) is 3.41. The van der Waals surface area contributed by atoms with Crippen molar-refractivity contribution in [3.8, 4) is 11.3 Å². The van der Waals surface area contributed by atoms with Gasteiger partial charge in [-0.1, -0.05) is 23.4 Å². The minimum absolute atomic E-state index is 0.150. The van der Waals surface area contributed by atoms with E-state index >= 15 is 0 Å². The Balaban J connectivity index is 1.45. The van der Waals surface area contributed by atoms with Crippen molar-refractivity contribution in [2.45, 2.75) is 57.0 Å². The fourth-order valence-electron chi connectivity index (χ4n) is 5.30. The normalized spacial score (nSPS) is 22.4. The number of benzene rings is 1. The molecule has 1 aromatic carbocycles. The van der Waals surface area contributed by atoms with Crippen LogP contribution in [0.25, 0.3) is 11.3 Å². The molecule has 2 aromatic rings. The molecular weight excluding hydrogens is 365 g/mol. The Morgan fingerprint density at radius 3 is 2.50 bits per heavy atom. The molecule has 3 nitrogen and oxygen atoms in total. The maximum Gasteiger partial charge on any atom is 0.417 e. The Labute approximate surface area is 162 Å². The van der Waals surface area contributed by atoms with Gasteiger partial charge in [0.25, 0.3) is 0 Å². The van der Waals surface area contributed by atoms with Gasteiger partial charge < -0.3 is 9.84 Å². The summed E-state index contributed by atoms with van der Waals surface area (Å²) in [5, 5.41) is 7.57. The summed E-state index contributed by atoms with van der Waals surface area (Å²) in [7, 11) is 0. The molecule has 2 heterocycles. The Bertz CT molecular complexity index is 855. The molecule has 0 unspecified atom stereocenters. The summed E-state index contributed by atoms with van der Waals surface area (Å²) in [5.41, 5.74) is 1.30. The Hall–Kier alpha value is -1.82. The van der Waals surface area contributed by atoms with E-state index in [1.165, 1.54) is 37.8 Å². The Morgan fingerprint density at radius 1 is 1.11 bits per heavy atom. The smallest absolute Gasteiger partial charge is 0.360 e. The summed E-state index contributed by atoms with van der Waals surface area (Å²) in [6.45, 7) is 2.16. The molecule has 0 bridgehead atoms. The second-order valence-corrected chi connectivity index (χ2v) is 8.92. The first-order chi connectivity index (χ1) is 13.5. The lowest BCUT2D eigenvalue weighted by atomic mass is 9.56. The largest absolute Gasteiger partial charge is 0.417 e. The number of nitrogens with zero attached hydrogens (tertiary/aromatic N) is 1. The van der Waals surface area contributed by atoms with Crippen LogP contribution >= 0.6 is 0 Å². The monoisotopic (exact) mass is 390 g/mol. The molecule has 0 atom stereocenters. The summed E-state index contributed by atoms with van der Waals surface area (Å²) in [5.74, 6) is 1.69. The number of hydrogen-bond acceptors (Lipinski definition) is 3. The van der Waals surface area contributed by atoms with Gasteiger partial charge in [0.1, 0.15) is 11.5 Å². The number of hydrogen-bond donors (Lipinski definition) is 1. The Kier molecular flexibility index (Phi) is 4.30. The van der Waals surface area contributed by atoms with Gasteiger partial charge in [0.15, 0.2) is 0 Å². The number of nitrogens with one attached hydrogen (secondary N) is 1. The zero-order valence-electron chi connectivity index (χ0n) is 15.8. The maximum absolute atomic E-state index is 13.6. The molecule has 1 saturated heterocycles. The van der Waals surface area contributed by atoms with Gasteiger partial charge in [-0.3, -0.25) is 0 Å². The van der Waals surface area contributed by atoms with Crippen molar-refractivity contribution in [1.82, 2.24) is 10.5 Å². The lowest BCUT2D eigenvalue weighted by Crippen LogP contribution is -2.46. The summed E-state index contributed by atoms with van der Waals surface area (Å²) < 4.78 is 46.3. The van der Waals surface area contributed by atoms with E-state index in [0.717, 1.165) is 49.7 Å². The molecule has 1 spiro atoms. The zero-order valence-corrected chi connectivity index (χ0v) is 15.8. The SMILES string of the molecule is FC(F)(F)c1ccccc1-c1noc(C2CC2)c1CC1CC2(CCNCC2)C1. The summed E-state index contributed by atoms with van der Waals surface area (Å²) in [6.07, 6.45) is 3.24. The van der Waals surface area contributed by atoms with Gasteiger partial charge in [-0.15, -0.1) is 0 Å². The van der Waals surface area contributed by atoms with Gasteiger partial charge >= 0.3 is 6.18 Å². The van der Waals surface area contributed by atoms with Gasteiger partial charge in [0.05, 0.1) is 5.56 Å². The first-order valence-electron chi connectivity index (χ1n) is 10.3. The van der Waals surface area contributed by atoms with Crippen LogP contribution in [0.4, 0.5) is 13.2 Å². The number of halogens is 3. The lowest BCUT2D eigenvalue weighted by Gasteiger charge is -2.50. The topological polar surface area (TPSA) is 38.1 Å². The van der Waals surface area contributed by atoms with Gasteiger partial charge in [-0.2, -0.15) is 13.2 Å². The molecule has 5 rings (SSSR count). The molecule has 1 N–H and O–H groups in total. The third-order valence-electron chi connectivity index (χ3n) is 6.85. The second kappa shape index (κ2) is 6.61. The van der Waals surface area contributed by atoms with E-state index in [0.29, 0.717) is 22.9 Å². The standard InChI is InChI=1S/C22H25F3N2O/c23-22(24,25)18-4-2-1-3-16(18)19-17(20(28-27-19)15-5-6-15)11-14-12-21(13-14)7-9-26-10-8-21/h1-4,14-15,26H,5-13H2. The van der Waals surface area contributed by atoms with Crippen molar-refractivity contribution in [2.75, 3.05) is 13.1 Å². The Morgan fingerprint density at radius 2 is 1.82 bits per heavy atom. The van der Waals surface area contributed by atoms with Crippen LogP contribution < -0.4 is 5.32 Å². The number of piperidine rings is 1. The molecular formula is C22H25F3N2O. The molecule has 6 heteroatoms. The fourth-order valence-corrected chi connectivity index (χ4v) is 5.30. The van der Waals surface area contributed by atoms with Crippen LogP contribution in [0.15, 0.2) is 28.8 Å². The van der Waals surface area contributed by atoms with E-state index in [4.69, 9.17) is 4.52 Å². The quantitative estimate of drug-likeness (QED) is 0.743. The maximum atomic E-state index is 13.6. The number of alkyl halides is 3. The molecule has 28 heavy (non-hydrogen) atoms. The molecule has 0 radical (unpaired) electrons. The van der Waals surface area contributed by atoms with Crippen molar-refractivity contribution >= 4 is 0 Å². The second-order valence-electron chi connectivity index (χ2n) is 8.92. The van der Waals surface area contributed by atoms with Crippen molar-refractivity contribution < 1.29 is 17.7 Å². The van der Waals surface area contributed by atoms with Crippen LogP contribution in [0.2, 0.25) is 0 Å². The average molecular weight is 390 g/mol. The third-order valence-corrected chi connectivity index (χ3v) is 6.85. The van der Waals surface area contributed by atoms with Gasteiger partial charge in [-0.25, -0.2) is 0 Å². The van der Waals surface area contributed by atoms with Crippen LogP contribution in [0.3, 0.4) is 0 Å². The molecule has 3 fully saturated rings. The zero-order chi connectivity index (χ0) is 19.4. The summed E-state index contributed by atoms with van der Waals surface area (Å²) >= 11 is 0.